The molecule has 2 saturated heterocycles. The highest BCUT2D eigenvalue weighted by Gasteiger charge is 2.47. The van der Waals surface area contributed by atoms with E-state index in [9.17, 15) is 4.79 Å². The Balaban J connectivity index is 1.40. The normalized spacial score (nSPS) is 28.9. The van der Waals surface area contributed by atoms with E-state index in [0.29, 0.717) is 6.54 Å². The van der Waals surface area contributed by atoms with E-state index in [4.69, 9.17) is 9.47 Å². The smallest absolute Gasteiger partial charge is 0.238 e. The lowest BCUT2D eigenvalue weighted by Gasteiger charge is -2.44. The number of aryl methyl sites for hydroxylation is 1. The van der Waals surface area contributed by atoms with Gasteiger partial charge in [0.2, 0.25) is 5.91 Å². The maximum absolute atomic E-state index is 12.7. The number of nitrogens with one attached hydrogen (secondary N) is 1. The molecule has 1 spiro atoms. The third-order valence-electron chi connectivity index (χ3n) is 6.24. The standard InChI is InChI=1S/C21H30N2O3/c1-25-19-10-12-23(15-21(19)11-5-13-26-21)14-20(24)22-18-9-4-7-16-6-2-3-8-17(16)18/h4,7,9,19H,2-3,5-6,8,10-15H2,1H3,(H,22,24)/t19-,21-/m0/s1. The number of rotatable bonds is 4. The van der Waals surface area contributed by atoms with Crippen molar-refractivity contribution in [3.8, 4) is 0 Å². The van der Waals surface area contributed by atoms with E-state index in [0.717, 1.165) is 57.5 Å². The van der Waals surface area contributed by atoms with Crippen molar-refractivity contribution >= 4 is 11.6 Å². The van der Waals surface area contributed by atoms with Gasteiger partial charge in [0.25, 0.3) is 0 Å². The van der Waals surface area contributed by atoms with Crippen molar-refractivity contribution in [1.82, 2.24) is 4.90 Å². The van der Waals surface area contributed by atoms with E-state index in [-0.39, 0.29) is 17.6 Å². The number of ether oxygens (including phenoxy) is 2. The number of piperidine rings is 1. The van der Waals surface area contributed by atoms with Crippen LogP contribution in [0.3, 0.4) is 0 Å². The number of likely N-dealkylation sites (tertiary alicyclic amines) is 1. The first-order valence-corrected chi connectivity index (χ1v) is 10.00. The summed E-state index contributed by atoms with van der Waals surface area (Å²) in [6.45, 7) is 2.89. The zero-order valence-corrected chi connectivity index (χ0v) is 15.8. The minimum absolute atomic E-state index is 0.0768. The van der Waals surface area contributed by atoms with E-state index in [1.54, 1.807) is 7.11 Å². The molecule has 1 N–H and O–H groups in total. The molecule has 1 aliphatic carbocycles. The molecule has 2 fully saturated rings. The van der Waals surface area contributed by atoms with Gasteiger partial charge in [0.05, 0.1) is 12.6 Å². The molecule has 0 aromatic heterocycles. The number of benzene rings is 1. The second-order valence-electron chi connectivity index (χ2n) is 7.94. The molecule has 1 aromatic carbocycles. The first-order valence-electron chi connectivity index (χ1n) is 10.00. The van der Waals surface area contributed by atoms with Crippen LogP contribution in [-0.2, 0) is 27.1 Å². The molecule has 3 aliphatic rings. The van der Waals surface area contributed by atoms with Gasteiger partial charge in [0.15, 0.2) is 0 Å². The van der Waals surface area contributed by atoms with Crippen LogP contribution in [0.2, 0.25) is 0 Å². The molecule has 1 amide bonds. The molecular formula is C21H30N2O3. The number of anilines is 1. The largest absolute Gasteiger partial charge is 0.378 e. The molecule has 0 bridgehead atoms. The number of carbonyl (C=O) groups is 1. The van der Waals surface area contributed by atoms with Crippen LogP contribution in [0.25, 0.3) is 0 Å². The molecule has 0 saturated carbocycles. The zero-order valence-electron chi connectivity index (χ0n) is 15.8. The topological polar surface area (TPSA) is 50.8 Å². The molecule has 5 nitrogen and oxygen atoms in total. The summed E-state index contributed by atoms with van der Waals surface area (Å²) in [6.07, 6.45) is 7.83. The van der Waals surface area contributed by atoms with Crippen LogP contribution < -0.4 is 5.32 Å². The lowest BCUT2D eigenvalue weighted by atomic mass is 9.87. The highest BCUT2D eigenvalue weighted by atomic mass is 16.5. The van der Waals surface area contributed by atoms with Crippen LogP contribution in [0.4, 0.5) is 5.69 Å². The first kappa shape index (κ1) is 18.0. The van der Waals surface area contributed by atoms with E-state index in [2.05, 4.69) is 22.3 Å². The van der Waals surface area contributed by atoms with Gasteiger partial charge < -0.3 is 14.8 Å². The number of nitrogens with zero attached hydrogens (tertiary/aromatic N) is 1. The summed E-state index contributed by atoms with van der Waals surface area (Å²) in [5.41, 5.74) is 3.51. The van der Waals surface area contributed by atoms with Gasteiger partial charge in [-0.3, -0.25) is 9.69 Å². The van der Waals surface area contributed by atoms with Gasteiger partial charge in [-0.15, -0.1) is 0 Å². The lowest BCUT2D eigenvalue weighted by Crippen LogP contribution is -2.58. The predicted octanol–water partition coefficient (Wildman–Crippen LogP) is 2.77. The van der Waals surface area contributed by atoms with Crippen LogP contribution in [0.5, 0.6) is 0 Å². The molecule has 142 valence electrons. The summed E-state index contributed by atoms with van der Waals surface area (Å²) < 4.78 is 11.8. The average Bonchev–Trinajstić information content (AvgIpc) is 3.11. The second-order valence-corrected chi connectivity index (χ2v) is 7.94. The van der Waals surface area contributed by atoms with Crippen molar-refractivity contribution in [1.29, 1.82) is 0 Å². The van der Waals surface area contributed by atoms with Gasteiger partial charge in [0.1, 0.15) is 5.60 Å². The number of methoxy groups -OCH3 is 1. The molecule has 2 heterocycles. The summed E-state index contributed by atoms with van der Waals surface area (Å²) in [4.78, 5) is 14.9. The van der Waals surface area contributed by atoms with E-state index >= 15 is 0 Å². The molecule has 1 aromatic rings. The Labute approximate surface area is 156 Å². The molecule has 4 rings (SSSR count). The number of hydrogen-bond acceptors (Lipinski definition) is 4. The Morgan fingerprint density at radius 1 is 1.35 bits per heavy atom. The van der Waals surface area contributed by atoms with Crippen LogP contribution >= 0.6 is 0 Å². The molecule has 0 unspecified atom stereocenters. The van der Waals surface area contributed by atoms with Crippen molar-refractivity contribution in [3.63, 3.8) is 0 Å². The Hall–Kier alpha value is -1.43. The number of carbonyl (C=O) groups excluding carboxylic acids is 1. The van der Waals surface area contributed by atoms with Crippen molar-refractivity contribution in [2.24, 2.45) is 0 Å². The fourth-order valence-electron chi connectivity index (χ4n) is 4.98. The zero-order chi connectivity index (χ0) is 18.0. The molecule has 2 aliphatic heterocycles. The van der Waals surface area contributed by atoms with Gasteiger partial charge in [-0.1, -0.05) is 12.1 Å². The Morgan fingerprint density at radius 2 is 2.23 bits per heavy atom. The van der Waals surface area contributed by atoms with Gasteiger partial charge in [-0.25, -0.2) is 0 Å². The van der Waals surface area contributed by atoms with Crippen LogP contribution in [-0.4, -0.2) is 55.9 Å². The van der Waals surface area contributed by atoms with Gasteiger partial charge in [-0.05, 0) is 62.1 Å². The highest BCUT2D eigenvalue weighted by Crippen LogP contribution is 2.36. The Morgan fingerprint density at radius 3 is 3.04 bits per heavy atom. The number of hydrogen-bond donors (Lipinski definition) is 1. The van der Waals surface area contributed by atoms with Crippen LogP contribution in [0.1, 0.15) is 43.2 Å². The summed E-state index contributed by atoms with van der Waals surface area (Å²) in [6, 6.07) is 6.30. The van der Waals surface area contributed by atoms with E-state index in [1.807, 2.05) is 6.07 Å². The van der Waals surface area contributed by atoms with Gasteiger partial charge >= 0.3 is 0 Å². The summed E-state index contributed by atoms with van der Waals surface area (Å²) in [5, 5.41) is 3.17. The maximum Gasteiger partial charge on any atom is 0.238 e. The molecule has 0 radical (unpaired) electrons. The summed E-state index contributed by atoms with van der Waals surface area (Å²) in [7, 11) is 1.77. The number of amides is 1. The van der Waals surface area contributed by atoms with Gasteiger partial charge in [-0.2, -0.15) is 0 Å². The van der Waals surface area contributed by atoms with Crippen molar-refractivity contribution in [2.75, 3.05) is 38.7 Å². The Kier molecular flexibility index (Phi) is 5.30. The third kappa shape index (κ3) is 3.53. The Bertz CT molecular complexity index is 655. The SMILES string of the molecule is CO[C@H]1CCN(CC(=O)Nc2cccc3c2CCCC3)C[C@@]12CCCO2. The minimum atomic E-state index is -0.223. The third-order valence-corrected chi connectivity index (χ3v) is 6.24. The molecule has 5 heteroatoms. The van der Waals surface area contributed by atoms with E-state index < -0.39 is 0 Å². The number of fused-ring (bicyclic) bond motifs is 1. The summed E-state index contributed by atoms with van der Waals surface area (Å²) in [5.74, 6) is 0.0768. The molecule has 2 atom stereocenters. The van der Waals surface area contributed by atoms with Crippen LogP contribution in [0.15, 0.2) is 18.2 Å². The first-order chi connectivity index (χ1) is 12.7. The fourth-order valence-corrected chi connectivity index (χ4v) is 4.98. The summed E-state index contributed by atoms with van der Waals surface area (Å²) >= 11 is 0. The molecule has 26 heavy (non-hydrogen) atoms. The lowest BCUT2D eigenvalue weighted by molar-refractivity contribution is -0.146. The van der Waals surface area contributed by atoms with Gasteiger partial charge in [0, 0.05) is 32.5 Å². The fraction of sp³-hybridized carbons (Fsp3) is 0.667. The quantitative estimate of drug-likeness (QED) is 0.899. The second kappa shape index (κ2) is 7.67. The maximum atomic E-state index is 12.7. The highest BCUT2D eigenvalue weighted by molar-refractivity contribution is 5.93. The predicted molar refractivity (Wildman–Crippen MR) is 101 cm³/mol. The van der Waals surface area contributed by atoms with Crippen LogP contribution in [0, 0.1) is 0 Å². The van der Waals surface area contributed by atoms with E-state index in [1.165, 1.54) is 24.0 Å². The average molecular weight is 358 g/mol. The van der Waals surface area contributed by atoms with Crippen molar-refractivity contribution in [3.05, 3.63) is 29.3 Å². The van der Waals surface area contributed by atoms with Crippen molar-refractivity contribution < 1.29 is 14.3 Å². The molecular weight excluding hydrogens is 328 g/mol. The monoisotopic (exact) mass is 358 g/mol. The minimum Gasteiger partial charge on any atom is -0.378 e. The van der Waals surface area contributed by atoms with Crippen molar-refractivity contribution in [2.45, 2.75) is 56.7 Å².